The molecule has 1 rings (SSSR count). The van der Waals surface area contributed by atoms with Crippen LogP contribution in [0, 0.1) is 0 Å². The van der Waals surface area contributed by atoms with Crippen molar-refractivity contribution >= 4 is 6.29 Å². The van der Waals surface area contributed by atoms with Crippen LogP contribution in [0.5, 0.6) is 0 Å². The van der Waals surface area contributed by atoms with Gasteiger partial charge >= 0.3 is 0 Å². The van der Waals surface area contributed by atoms with E-state index in [-0.39, 0.29) is 0 Å². The van der Waals surface area contributed by atoms with Crippen molar-refractivity contribution in [2.75, 3.05) is 13.2 Å². The molecule has 0 spiro atoms. The van der Waals surface area contributed by atoms with Gasteiger partial charge < -0.3 is 9.47 Å². The lowest BCUT2D eigenvalue weighted by Crippen LogP contribution is -2.07. The van der Waals surface area contributed by atoms with Crippen molar-refractivity contribution in [2.45, 2.75) is 6.29 Å². The Bertz CT molecular complexity index is 65.3. The number of hydrogen-bond donors (Lipinski definition) is 0. The van der Waals surface area contributed by atoms with Gasteiger partial charge in [-0.3, -0.25) is 4.79 Å². The monoisotopic (exact) mass is 101 g/mol. The van der Waals surface area contributed by atoms with Gasteiger partial charge in [-0.05, 0) is 0 Å². The predicted molar refractivity (Wildman–Crippen MR) is 21.4 cm³/mol. The van der Waals surface area contributed by atoms with Crippen molar-refractivity contribution in [3.8, 4) is 0 Å². The Morgan fingerprint density at radius 3 is 2.29 bits per heavy atom. The van der Waals surface area contributed by atoms with E-state index >= 15 is 0 Å². The molecule has 0 bridgehead atoms. The van der Waals surface area contributed by atoms with E-state index in [4.69, 9.17) is 0 Å². The molecule has 0 aliphatic carbocycles. The van der Waals surface area contributed by atoms with Crippen LogP contribution in [-0.4, -0.2) is 25.8 Å². The molecule has 3 heteroatoms. The molecule has 1 saturated heterocycles. The number of ether oxygens (including phenoxy) is 2. The average Bonchev–Trinajstić information content (AvgIpc) is 2.14. The molecule has 1 heterocycles. The van der Waals surface area contributed by atoms with Gasteiger partial charge in [0.2, 0.25) is 6.29 Å². The van der Waals surface area contributed by atoms with Gasteiger partial charge in [-0.25, -0.2) is 0 Å². The second-order valence-electron chi connectivity index (χ2n) is 1.19. The average molecular weight is 101 g/mol. The molecule has 0 unspecified atom stereocenters. The molecule has 0 amide bonds. The van der Waals surface area contributed by atoms with E-state index in [0.29, 0.717) is 13.2 Å². The molecule has 0 N–H and O–H groups in total. The smallest absolute Gasteiger partial charge is 0.259 e. The first kappa shape index (κ1) is 4.74. The first-order chi connectivity index (χ1) is 3.43. The van der Waals surface area contributed by atoms with Crippen molar-refractivity contribution in [1.29, 1.82) is 0 Å². The maximum absolute atomic E-state index is 9.63. The van der Waals surface area contributed by atoms with E-state index < -0.39 is 6.29 Å². The topological polar surface area (TPSA) is 35.5 Å². The highest BCUT2D eigenvalue weighted by atomic mass is 16.7. The first-order valence-corrected chi connectivity index (χ1v) is 2.04. The summed E-state index contributed by atoms with van der Waals surface area (Å²) < 4.78 is 9.31. The van der Waals surface area contributed by atoms with Gasteiger partial charge in [0.25, 0.3) is 6.29 Å². The molecule has 0 aromatic carbocycles. The summed E-state index contributed by atoms with van der Waals surface area (Å²) in [5.41, 5.74) is 0. The highest BCUT2D eigenvalue weighted by Gasteiger charge is 2.14. The molecule has 0 aromatic heterocycles. The Balaban J connectivity index is 2.26. The van der Waals surface area contributed by atoms with Crippen LogP contribution in [0.1, 0.15) is 0 Å². The molecule has 1 fully saturated rings. The van der Waals surface area contributed by atoms with Crippen molar-refractivity contribution in [2.24, 2.45) is 0 Å². The quantitative estimate of drug-likeness (QED) is 0.445. The van der Waals surface area contributed by atoms with Gasteiger partial charge in [-0.1, -0.05) is 0 Å². The molecule has 0 saturated carbocycles. The Morgan fingerprint density at radius 2 is 2.00 bits per heavy atom. The predicted octanol–water partition coefficient (Wildman–Crippen LogP) is -0.531. The minimum Gasteiger partial charge on any atom is -0.343 e. The van der Waals surface area contributed by atoms with Crippen LogP contribution in [0.4, 0.5) is 0 Å². The van der Waals surface area contributed by atoms with E-state index in [1.54, 1.807) is 6.29 Å². The van der Waals surface area contributed by atoms with E-state index in [1.807, 2.05) is 0 Å². The van der Waals surface area contributed by atoms with Crippen LogP contribution in [0.3, 0.4) is 0 Å². The number of hydrogen-bond acceptors (Lipinski definition) is 3. The maximum atomic E-state index is 9.63. The highest BCUT2D eigenvalue weighted by molar-refractivity contribution is 5.55. The van der Waals surface area contributed by atoms with Crippen LogP contribution >= 0.6 is 0 Å². The largest absolute Gasteiger partial charge is 0.343 e. The lowest BCUT2D eigenvalue weighted by Gasteiger charge is -1.92. The van der Waals surface area contributed by atoms with Crippen LogP contribution < -0.4 is 0 Å². The van der Waals surface area contributed by atoms with Gasteiger partial charge in [0.1, 0.15) is 0 Å². The summed E-state index contributed by atoms with van der Waals surface area (Å²) in [4.78, 5) is 9.63. The molecule has 0 aromatic rings. The van der Waals surface area contributed by atoms with Gasteiger partial charge in [-0.2, -0.15) is 0 Å². The highest BCUT2D eigenvalue weighted by Crippen LogP contribution is 1.98. The number of rotatable bonds is 1. The maximum Gasteiger partial charge on any atom is 0.259 e. The zero-order valence-corrected chi connectivity index (χ0v) is 3.72. The van der Waals surface area contributed by atoms with Crippen molar-refractivity contribution in [3.05, 3.63) is 0 Å². The van der Waals surface area contributed by atoms with Gasteiger partial charge in [-0.15, -0.1) is 0 Å². The van der Waals surface area contributed by atoms with Crippen molar-refractivity contribution in [3.63, 3.8) is 0 Å². The molecule has 0 atom stereocenters. The molecular formula is C4H5O3. The van der Waals surface area contributed by atoms with Gasteiger partial charge in [0, 0.05) is 0 Å². The summed E-state index contributed by atoms with van der Waals surface area (Å²) in [7, 11) is 0. The molecule has 1 aliphatic rings. The van der Waals surface area contributed by atoms with E-state index in [1.165, 1.54) is 0 Å². The molecule has 1 aliphatic heterocycles. The third kappa shape index (κ3) is 0.976. The molecule has 7 heavy (non-hydrogen) atoms. The van der Waals surface area contributed by atoms with E-state index in [0.717, 1.165) is 0 Å². The van der Waals surface area contributed by atoms with Crippen molar-refractivity contribution in [1.82, 2.24) is 0 Å². The van der Waals surface area contributed by atoms with Gasteiger partial charge in [0.05, 0.1) is 13.2 Å². The zero-order chi connectivity index (χ0) is 5.11. The second-order valence-corrected chi connectivity index (χ2v) is 1.19. The lowest BCUT2D eigenvalue weighted by molar-refractivity contribution is 0.0131. The Kier molecular flexibility index (Phi) is 1.38. The Hall–Kier alpha value is -0.410. The Labute approximate surface area is 41.2 Å². The van der Waals surface area contributed by atoms with Crippen LogP contribution in [0.25, 0.3) is 0 Å². The summed E-state index contributed by atoms with van der Waals surface area (Å²) in [6.07, 6.45) is 0.861. The molecule has 3 nitrogen and oxygen atoms in total. The number of carbonyl (C=O) groups excluding carboxylic acids is 1. The molecule has 39 valence electrons. The van der Waals surface area contributed by atoms with Crippen LogP contribution in [0.2, 0.25) is 0 Å². The summed E-state index contributed by atoms with van der Waals surface area (Å²) in [5.74, 6) is 0. The SMILES string of the molecule is O=[C]C1OCCO1. The minimum absolute atomic E-state index is 0.514. The Morgan fingerprint density at radius 1 is 1.43 bits per heavy atom. The first-order valence-electron chi connectivity index (χ1n) is 2.04. The molecular weight excluding hydrogens is 96.0 g/mol. The fourth-order valence-corrected chi connectivity index (χ4v) is 0.426. The fraction of sp³-hybridized carbons (Fsp3) is 0.750. The second kappa shape index (κ2) is 2.04. The third-order valence-electron chi connectivity index (χ3n) is 0.718. The molecule has 1 radical (unpaired) electrons. The minimum atomic E-state index is -0.708. The zero-order valence-electron chi connectivity index (χ0n) is 3.72. The summed E-state index contributed by atoms with van der Waals surface area (Å²) in [6.45, 7) is 1.03. The summed E-state index contributed by atoms with van der Waals surface area (Å²) in [6, 6.07) is 0. The summed E-state index contributed by atoms with van der Waals surface area (Å²) >= 11 is 0. The third-order valence-corrected chi connectivity index (χ3v) is 0.718. The van der Waals surface area contributed by atoms with Crippen LogP contribution in [0.15, 0.2) is 0 Å². The normalized spacial score (nSPS) is 22.9. The fourth-order valence-electron chi connectivity index (χ4n) is 0.426. The summed E-state index contributed by atoms with van der Waals surface area (Å²) in [5, 5.41) is 0. The van der Waals surface area contributed by atoms with E-state index in [9.17, 15) is 4.79 Å². The van der Waals surface area contributed by atoms with E-state index in [2.05, 4.69) is 9.47 Å². The standard InChI is InChI=1S/C4H5O3/c5-3-4-6-1-2-7-4/h4H,1-2H2. The lowest BCUT2D eigenvalue weighted by atomic mass is 10.7. The van der Waals surface area contributed by atoms with Gasteiger partial charge in [0.15, 0.2) is 0 Å². The van der Waals surface area contributed by atoms with Crippen LogP contribution in [-0.2, 0) is 14.3 Å². The van der Waals surface area contributed by atoms with Crippen molar-refractivity contribution < 1.29 is 14.3 Å².